The van der Waals surface area contributed by atoms with Crippen LogP contribution in [0.25, 0.3) is 10.2 Å². The number of hydrogen-bond donors (Lipinski definition) is 0. The van der Waals surface area contributed by atoms with Gasteiger partial charge in [0.2, 0.25) is 0 Å². The number of halogens is 3. The molecular formula is C21H24Cl2FN3OS. The summed E-state index contributed by atoms with van der Waals surface area (Å²) in [5.41, 5.74) is 3.47. The Kier molecular flexibility index (Phi) is 8.00. The van der Waals surface area contributed by atoms with Crippen LogP contribution in [0, 0.1) is 19.7 Å². The van der Waals surface area contributed by atoms with Crippen LogP contribution in [0.2, 0.25) is 5.02 Å². The van der Waals surface area contributed by atoms with E-state index >= 15 is 0 Å². The molecule has 0 fully saturated rings. The number of carbonyl (C=O) groups is 1. The van der Waals surface area contributed by atoms with Gasteiger partial charge >= 0.3 is 0 Å². The van der Waals surface area contributed by atoms with Crippen molar-refractivity contribution < 1.29 is 9.18 Å². The standard InChI is InChI=1S/C21H23ClFN3OS.ClH/c1-13-6-9-18-19(14(13)2)24-21(28-18)26(11-5-10-25(3)4)20(27)16-8-7-15(23)12-17(16)22;/h6-9,12H,5,10-11H2,1-4H3;1H. The largest absolute Gasteiger partial charge is 0.309 e. The molecule has 0 spiro atoms. The van der Waals surface area contributed by atoms with Crippen molar-refractivity contribution in [2.45, 2.75) is 20.3 Å². The summed E-state index contributed by atoms with van der Waals surface area (Å²) < 4.78 is 14.5. The third-order valence-corrected chi connectivity index (χ3v) is 6.05. The van der Waals surface area contributed by atoms with E-state index in [-0.39, 0.29) is 28.9 Å². The van der Waals surface area contributed by atoms with Gasteiger partial charge in [0.05, 0.1) is 20.8 Å². The molecule has 3 aromatic rings. The molecule has 1 amide bonds. The first-order valence-corrected chi connectivity index (χ1v) is 10.3. The first-order valence-electron chi connectivity index (χ1n) is 9.06. The number of anilines is 1. The van der Waals surface area contributed by atoms with Crippen LogP contribution in [0.1, 0.15) is 27.9 Å². The van der Waals surface area contributed by atoms with E-state index in [0.29, 0.717) is 11.7 Å². The molecule has 1 heterocycles. The number of nitrogens with zero attached hydrogens (tertiary/aromatic N) is 3. The molecule has 8 heteroatoms. The summed E-state index contributed by atoms with van der Waals surface area (Å²) in [6.45, 7) is 5.43. The van der Waals surface area contributed by atoms with Crippen LogP contribution >= 0.6 is 35.3 Å². The molecule has 4 nitrogen and oxygen atoms in total. The van der Waals surface area contributed by atoms with Crippen molar-refractivity contribution in [2.24, 2.45) is 0 Å². The van der Waals surface area contributed by atoms with Gasteiger partial charge in [-0.05, 0) is 76.3 Å². The Morgan fingerprint density at radius 1 is 1.17 bits per heavy atom. The van der Waals surface area contributed by atoms with Gasteiger partial charge in [0.1, 0.15) is 5.82 Å². The minimum Gasteiger partial charge on any atom is -0.309 e. The maximum Gasteiger partial charge on any atom is 0.261 e. The van der Waals surface area contributed by atoms with Crippen LogP contribution in [0.4, 0.5) is 9.52 Å². The van der Waals surface area contributed by atoms with E-state index in [1.807, 2.05) is 34.0 Å². The van der Waals surface area contributed by atoms with E-state index in [0.717, 1.165) is 34.3 Å². The average molecular weight is 456 g/mol. The second-order valence-corrected chi connectivity index (χ2v) is 8.50. The van der Waals surface area contributed by atoms with Crippen molar-refractivity contribution in [3.05, 3.63) is 57.9 Å². The van der Waals surface area contributed by atoms with E-state index in [1.165, 1.54) is 29.5 Å². The maximum atomic E-state index is 13.4. The quantitative estimate of drug-likeness (QED) is 0.476. The smallest absolute Gasteiger partial charge is 0.261 e. The predicted octanol–water partition coefficient (Wildman–Crippen LogP) is 5.73. The SMILES string of the molecule is Cc1ccc2sc(N(CCCN(C)C)C(=O)c3ccc(F)cc3Cl)nc2c1C.Cl. The minimum atomic E-state index is -0.466. The number of thiazole rings is 1. The van der Waals surface area contributed by atoms with Crippen molar-refractivity contribution in [1.29, 1.82) is 0 Å². The Hall–Kier alpha value is -1.73. The number of carbonyl (C=O) groups excluding carboxylic acids is 1. The highest BCUT2D eigenvalue weighted by Gasteiger charge is 2.23. The third kappa shape index (κ3) is 5.25. The summed E-state index contributed by atoms with van der Waals surface area (Å²) in [6.07, 6.45) is 0.783. The molecule has 3 rings (SSSR count). The Morgan fingerprint density at radius 2 is 1.90 bits per heavy atom. The Morgan fingerprint density at radius 3 is 2.55 bits per heavy atom. The Labute approximate surface area is 185 Å². The fraction of sp³-hybridized carbons (Fsp3) is 0.333. The van der Waals surface area contributed by atoms with Crippen molar-refractivity contribution in [1.82, 2.24) is 9.88 Å². The molecule has 0 aliphatic heterocycles. The first kappa shape index (κ1) is 23.5. The number of benzene rings is 2. The molecule has 0 aliphatic carbocycles. The zero-order chi connectivity index (χ0) is 20.4. The molecule has 0 N–H and O–H groups in total. The monoisotopic (exact) mass is 455 g/mol. The molecule has 0 saturated heterocycles. The summed E-state index contributed by atoms with van der Waals surface area (Å²) >= 11 is 7.63. The zero-order valence-corrected chi connectivity index (χ0v) is 19.2. The van der Waals surface area contributed by atoms with Gasteiger partial charge < -0.3 is 4.90 Å². The number of rotatable bonds is 6. The molecule has 0 saturated carbocycles. The van der Waals surface area contributed by atoms with Gasteiger partial charge in [0.15, 0.2) is 5.13 Å². The van der Waals surface area contributed by atoms with Gasteiger partial charge in [-0.2, -0.15) is 0 Å². The van der Waals surface area contributed by atoms with Gasteiger partial charge in [0, 0.05) is 6.54 Å². The fourth-order valence-electron chi connectivity index (χ4n) is 2.97. The van der Waals surface area contributed by atoms with Crippen molar-refractivity contribution in [3.8, 4) is 0 Å². The molecule has 156 valence electrons. The topological polar surface area (TPSA) is 36.4 Å². The van der Waals surface area contributed by atoms with Crippen LogP contribution in [0.5, 0.6) is 0 Å². The van der Waals surface area contributed by atoms with Crippen molar-refractivity contribution in [2.75, 3.05) is 32.1 Å². The normalized spacial score (nSPS) is 11.0. The van der Waals surface area contributed by atoms with Gasteiger partial charge in [-0.3, -0.25) is 9.69 Å². The van der Waals surface area contributed by atoms with Gasteiger partial charge in [-0.15, -0.1) is 12.4 Å². The van der Waals surface area contributed by atoms with Gasteiger partial charge in [0.25, 0.3) is 5.91 Å². The Balaban J connectivity index is 0.00000300. The molecule has 29 heavy (non-hydrogen) atoms. The highest BCUT2D eigenvalue weighted by atomic mass is 35.5. The molecule has 0 atom stereocenters. The number of aryl methyl sites for hydroxylation is 2. The number of hydrogen-bond acceptors (Lipinski definition) is 4. The highest BCUT2D eigenvalue weighted by Crippen LogP contribution is 2.33. The van der Waals surface area contributed by atoms with Crippen LogP contribution in [0.3, 0.4) is 0 Å². The lowest BCUT2D eigenvalue weighted by Crippen LogP contribution is -2.33. The number of aromatic nitrogens is 1. The molecule has 0 unspecified atom stereocenters. The molecule has 2 aromatic carbocycles. The van der Waals surface area contributed by atoms with Crippen LogP contribution < -0.4 is 4.90 Å². The van der Waals surface area contributed by atoms with Crippen molar-refractivity contribution in [3.63, 3.8) is 0 Å². The number of fused-ring (bicyclic) bond motifs is 1. The predicted molar refractivity (Wildman–Crippen MR) is 123 cm³/mol. The molecule has 0 aliphatic rings. The van der Waals surface area contributed by atoms with E-state index in [2.05, 4.69) is 11.0 Å². The lowest BCUT2D eigenvalue weighted by Gasteiger charge is -2.21. The van der Waals surface area contributed by atoms with Crippen LogP contribution in [-0.2, 0) is 0 Å². The van der Waals surface area contributed by atoms with E-state index < -0.39 is 5.82 Å². The van der Waals surface area contributed by atoms with E-state index in [4.69, 9.17) is 16.6 Å². The summed E-state index contributed by atoms with van der Waals surface area (Å²) in [5.74, 6) is -0.732. The molecule has 1 aromatic heterocycles. The van der Waals surface area contributed by atoms with E-state index in [1.54, 1.807) is 4.90 Å². The summed E-state index contributed by atoms with van der Waals surface area (Å²) in [4.78, 5) is 21.7. The summed E-state index contributed by atoms with van der Waals surface area (Å²) in [5, 5.41) is 0.739. The van der Waals surface area contributed by atoms with Crippen LogP contribution in [0.15, 0.2) is 30.3 Å². The molecular weight excluding hydrogens is 432 g/mol. The van der Waals surface area contributed by atoms with E-state index in [9.17, 15) is 9.18 Å². The lowest BCUT2D eigenvalue weighted by atomic mass is 10.1. The van der Waals surface area contributed by atoms with Crippen LogP contribution in [-0.4, -0.2) is 43.0 Å². The zero-order valence-electron chi connectivity index (χ0n) is 16.8. The van der Waals surface area contributed by atoms with Crippen molar-refractivity contribution >= 4 is 56.6 Å². The molecule has 0 bridgehead atoms. The second kappa shape index (κ2) is 9.85. The third-order valence-electron chi connectivity index (χ3n) is 4.70. The molecule has 0 radical (unpaired) electrons. The number of amides is 1. The van der Waals surface area contributed by atoms with Gasteiger partial charge in [-0.1, -0.05) is 29.0 Å². The first-order chi connectivity index (χ1) is 13.3. The summed E-state index contributed by atoms with van der Waals surface area (Å²) in [7, 11) is 3.99. The lowest BCUT2D eigenvalue weighted by molar-refractivity contribution is 0.0986. The maximum absolute atomic E-state index is 13.4. The fourth-order valence-corrected chi connectivity index (χ4v) is 4.26. The Bertz CT molecular complexity index is 1020. The van der Waals surface area contributed by atoms with Gasteiger partial charge in [-0.25, -0.2) is 9.37 Å². The average Bonchev–Trinajstić information content (AvgIpc) is 3.06. The highest BCUT2D eigenvalue weighted by molar-refractivity contribution is 7.22. The summed E-state index contributed by atoms with van der Waals surface area (Å²) in [6, 6.07) is 7.95. The minimum absolute atomic E-state index is 0. The second-order valence-electron chi connectivity index (χ2n) is 7.09.